The lowest BCUT2D eigenvalue weighted by atomic mass is 10.0. The first kappa shape index (κ1) is 12.6. The Morgan fingerprint density at radius 1 is 1.22 bits per heavy atom. The number of H-pyrrole nitrogens is 1. The number of alkyl halides is 3. The van der Waals surface area contributed by atoms with Crippen molar-refractivity contribution in [3.63, 3.8) is 0 Å². The molecule has 0 saturated carbocycles. The van der Waals surface area contributed by atoms with Crippen molar-refractivity contribution < 1.29 is 13.2 Å². The highest BCUT2D eigenvalue weighted by atomic mass is 19.4. The topological polar surface area (TPSA) is 53.6 Å². The summed E-state index contributed by atoms with van der Waals surface area (Å²) in [4.78, 5) is 3.98. The van der Waals surface area contributed by atoms with Crippen molar-refractivity contribution in [2.45, 2.75) is 12.2 Å². The van der Waals surface area contributed by atoms with Gasteiger partial charge in [-0.2, -0.15) is 18.3 Å². The number of benzene rings is 1. The van der Waals surface area contributed by atoms with Crippen LogP contribution in [-0.2, 0) is 6.18 Å². The molecule has 0 fully saturated rings. The van der Waals surface area contributed by atoms with Gasteiger partial charge in [0.25, 0.3) is 0 Å². The molecule has 0 radical (unpaired) electrons. The van der Waals surface area contributed by atoms with Gasteiger partial charge < -0.3 is 5.32 Å². The third-order valence-electron chi connectivity index (χ3n) is 2.57. The zero-order valence-corrected chi connectivity index (χ0v) is 9.49. The molecule has 0 amide bonds. The quantitative estimate of drug-likeness (QED) is 0.884. The van der Waals surface area contributed by atoms with E-state index in [1.165, 1.54) is 18.5 Å². The highest BCUT2D eigenvalue weighted by Crippen LogP contribution is 2.30. The van der Waals surface area contributed by atoms with Crippen LogP contribution in [0.15, 0.2) is 30.6 Å². The van der Waals surface area contributed by atoms with Crippen LogP contribution in [-0.4, -0.2) is 22.2 Å². The van der Waals surface area contributed by atoms with Gasteiger partial charge in [0.15, 0.2) is 0 Å². The maximum absolute atomic E-state index is 12.4. The Kier molecular flexibility index (Phi) is 3.33. The van der Waals surface area contributed by atoms with Crippen LogP contribution in [0.5, 0.6) is 0 Å². The summed E-state index contributed by atoms with van der Waals surface area (Å²) in [6, 6.07) is 4.64. The Labute approximate surface area is 101 Å². The normalized spacial score (nSPS) is 13.6. The van der Waals surface area contributed by atoms with Crippen molar-refractivity contribution in [2.75, 3.05) is 7.05 Å². The molecule has 1 aromatic carbocycles. The molecule has 7 heteroatoms. The first-order valence-corrected chi connectivity index (χ1v) is 5.22. The van der Waals surface area contributed by atoms with Gasteiger partial charge in [-0.1, -0.05) is 12.1 Å². The molecule has 4 nitrogen and oxygen atoms in total. The van der Waals surface area contributed by atoms with Crippen LogP contribution in [0.2, 0.25) is 0 Å². The molecular weight excluding hydrogens is 245 g/mol. The van der Waals surface area contributed by atoms with E-state index in [1.807, 2.05) is 0 Å². The Balaban J connectivity index is 2.28. The maximum atomic E-state index is 12.4. The molecule has 0 aliphatic heterocycles. The third-order valence-corrected chi connectivity index (χ3v) is 2.57. The molecule has 0 bridgehead atoms. The van der Waals surface area contributed by atoms with Crippen LogP contribution in [0.4, 0.5) is 13.2 Å². The fraction of sp³-hybridized carbons (Fsp3) is 0.273. The molecule has 2 N–H and O–H groups in total. The van der Waals surface area contributed by atoms with Crippen molar-refractivity contribution in [2.24, 2.45) is 0 Å². The SMILES string of the molecule is CNC(c1ccc(C(F)(F)F)cc1)c1ncn[nH]1. The van der Waals surface area contributed by atoms with Crippen LogP contribution in [0, 0.1) is 0 Å². The second kappa shape index (κ2) is 4.77. The zero-order valence-electron chi connectivity index (χ0n) is 9.49. The minimum atomic E-state index is -4.32. The summed E-state index contributed by atoms with van der Waals surface area (Å²) < 4.78 is 37.3. The highest BCUT2D eigenvalue weighted by molar-refractivity contribution is 5.29. The lowest BCUT2D eigenvalue weighted by molar-refractivity contribution is -0.137. The predicted octanol–water partition coefficient (Wildman–Crippen LogP) is 2.13. The summed E-state index contributed by atoms with van der Waals surface area (Å²) in [6.45, 7) is 0. The van der Waals surface area contributed by atoms with Crippen LogP contribution >= 0.6 is 0 Å². The molecule has 0 aliphatic rings. The van der Waals surface area contributed by atoms with E-state index < -0.39 is 11.7 Å². The number of nitrogens with zero attached hydrogens (tertiary/aromatic N) is 2. The Bertz CT molecular complexity index is 490. The van der Waals surface area contributed by atoms with Gasteiger partial charge in [0.05, 0.1) is 11.6 Å². The van der Waals surface area contributed by atoms with E-state index >= 15 is 0 Å². The number of hydrogen-bond donors (Lipinski definition) is 2. The van der Waals surface area contributed by atoms with E-state index in [0.717, 1.165) is 12.1 Å². The van der Waals surface area contributed by atoms with E-state index in [4.69, 9.17) is 0 Å². The summed E-state index contributed by atoms with van der Waals surface area (Å²) in [5, 5.41) is 9.37. The molecule has 0 saturated heterocycles. The Morgan fingerprint density at radius 2 is 1.89 bits per heavy atom. The van der Waals surface area contributed by atoms with Gasteiger partial charge in [0.1, 0.15) is 12.2 Å². The summed E-state index contributed by atoms with van der Waals surface area (Å²) in [5.74, 6) is 0.553. The predicted molar refractivity (Wildman–Crippen MR) is 58.7 cm³/mol. The van der Waals surface area contributed by atoms with E-state index in [-0.39, 0.29) is 6.04 Å². The maximum Gasteiger partial charge on any atom is 0.416 e. The van der Waals surface area contributed by atoms with Crippen LogP contribution in [0.25, 0.3) is 0 Å². The molecular formula is C11H11F3N4. The summed E-state index contributed by atoms with van der Waals surface area (Å²) in [6.07, 6.45) is -2.97. The first-order valence-electron chi connectivity index (χ1n) is 5.22. The second-order valence-electron chi connectivity index (χ2n) is 3.71. The van der Waals surface area contributed by atoms with Gasteiger partial charge >= 0.3 is 6.18 Å². The van der Waals surface area contributed by atoms with Crippen molar-refractivity contribution in [3.05, 3.63) is 47.5 Å². The van der Waals surface area contributed by atoms with E-state index in [0.29, 0.717) is 11.4 Å². The molecule has 0 aliphatic carbocycles. The summed E-state index contributed by atoms with van der Waals surface area (Å²) in [5.41, 5.74) is 0.0147. The number of rotatable bonds is 3. The smallest absolute Gasteiger partial charge is 0.307 e. The highest BCUT2D eigenvalue weighted by Gasteiger charge is 2.30. The number of aromatic nitrogens is 3. The molecule has 1 aromatic heterocycles. The zero-order chi connectivity index (χ0) is 13.2. The fourth-order valence-corrected chi connectivity index (χ4v) is 1.68. The molecule has 2 rings (SSSR count). The lowest BCUT2D eigenvalue weighted by Crippen LogP contribution is -2.19. The molecule has 1 atom stereocenters. The molecule has 2 aromatic rings. The number of aromatic amines is 1. The van der Waals surface area contributed by atoms with E-state index in [9.17, 15) is 13.2 Å². The summed E-state index contributed by atoms with van der Waals surface area (Å²) in [7, 11) is 1.70. The third kappa shape index (κ3) is 2.51. The minimum Gasteiger partial charge on any atom is -0.307 e. The summed E-state index contributed by atoms with van der Waals surface area (Å²) >= 11 is 0. The molecule has 18 heavy (non-hydrogen) atoms. The van der Waals surface area contributed by atoms with Crippen LogP contribution < -0.4 is 5.32 Å². The fourth-order valence-electron chi connectivity index (χ4n) is 1.68. The standard InChI is InChI=1S/C11H11F3N4/c1-15-9(10-16-6-17-18-10)7-2-4-8(5-3-7)11(12,13)14/h2-6,9,15H,1H3,(H,16,17,18). The number of hydrogen-bond acceptors (Lipinski definition) is 3. The average Bonchev–Trinajstić information content (AvgIpc) is 2.83. The van der Waals surface area contributed by atoms with Gasteiger partial charge in [-0.05, 0) is 24.7 Å². The van der Waals surface area contributed by atoms with Crippen molar-refractivity contribution >= 4 is 0 Å². The average molecular weight is 256 g/mol. The second-order valence-corrected chi connectivity index (χ2v) is 3.71. The van der Waals surface area contributed by atoms with Crippen molar-refractivity contribution in [1.82, 2.24) is 20.5 Å². The van der Waals surface area contributed by atoms with Crippen LogP contribution in [0.3, 0.4) is 0 Å². The number of halogens is 3. The van der Waals surface area contributed by atoms with Gasteiger partial charge in [0.2, 0.25) is 0 Å². The first-order chi connectivity index (χ1) is 8.52. The Morgan fingerprint density at radius 3 is 2.33 bits per heavy atom. The molecule has 0 spiro atoms. The minimum absolute atomic E-state index is 0.310. The van der Waals surface area contributed by atoms with E-state index in [1.54, 1.807) is 7.05 Å². The monoisotopic (exact) mass is 256 g/mol. The number of nitrogens with one attached hydrogen (secondary N) is 2. The lowest BCUT2D eigenvalue weighted by Gasteiger charge is -2.14. The van der Waals surface area contributed by atoms with Crippen LogP contribution in [0.1, 0.15) is 23.0 Å². The van der Waals surface area contributed by atoms with Crippen molar-refractivity contribution in [1.29, 1.82) is 0 Å². The molecule has 1 unspecified atom stereocenters. The van der Waals surface area contributed by atoms with Gasteiger partial charge in [-0.3, -0.25) is 5.10 Å². The largest absolute Gasteiger partial charge is 0.416 e. The van der Waals surface area contributed by atoms with Gasteiger partial charge in [-0.15, -0.1) is 0 Å². The molecule has 96 valence electrons. The molecule has 1 heterocycles. The van der Waals surface area contributed by atoms with Crippen molar-refractivity contribution in [3.8, 4) is 0 Å². The van der Waals surface area contributed by atoms with Gasteiger partial charge in [0, 0.05) is 0 Å². The van der Waals surface area contributed by atoms with Gasteiger partial charge in [-0.25, -0.2) is 4.98 Å². The Hall–Kier alpha value is -1.89. The van der Waals surface area contributed by atoms with E-state index in [2.05, 4.69) is 20.5 Å².